The molecule has 33 heavy (non-hydrogen) atoms. The molecule has 178 valence electrons. The minimum absolute atomic E-state index is 0.0402. The number of carbonyl (C=O) groups excluding carboxylic acids is 2. The summed E-state index contributed by atoms with van der Waals surface area (Å²) in [5.74, 6) is 0.0628. The van der Waals surface area contributed by atoms with E-state index in [1.807, 2.05) is 93.3 Å². The fourth-order valence-electron chi connectivity index (χ4n) is 4.11. The van der Waals surface area contributed by atoms with Crippen LogP contribution in [0.1, 0.15) is 51.7 Å². The first-order valence-corrected chi connectivity index (χ1v) is 11.6. The Hall–Kier alpha value is -2.86. The van der Waals surface area contributed by atoms with Crippen molar-refractivity contribution in [1.82, 2.24) is 10.2 Å². The Kier molecular flexibility index (Phi) is 8.14. The second-order valence-electron chi connectivity index (χ2n) is 9.99. The van der Waals surface area contributed by atoms with Gasteiger partial charge >= 0.3 is 6.09 Å². The van der Waals surface area contributed by atoms with Crippen LogP contribution in [0.25, 0.3) is 0 Å². The van der Waals surface area contributed by atoms with E-state index < -0.39 is 17.2 Å². The molecule has 6 heteroatoms. The van der Waals surface area contributed by atoms with E-state index in [0.717, 1.165) is 11.1 Å². The van der Waals surface area contributed by atoms with Gasteiger partial charge in [0.15, 0.2) is 0 Å². The Labute approximate surface area is 197 Å². The first kappa shape index (κ1) is 24.8. The number of likely N-dealkylation sites (tertiary alicyclic amines) is 1. The Morgan fingerprint density at radius 3 is 2.21 bits per heavy atom. The van der Waals surface area contributed by atoms with Gasteiger partial charge in [0.05, 0.1) is 6.61 Å². The van der Waals surface area contributed by atoms with Gasteiger partial charge in [-0.1, -0.05) is 60.7 Å². The Morgan fingerprint density at radius 2 is 1.61 bits per heavy atom. The summed E-state index contributed by atoms with van der Waals surface area (Å²) in [5, 5.41) is 3.08. The lowest BCUT2D eigenvalue weighted by Gasteiger charge is -2.37. The summed E-state index contributed by atoms with van der Waals surface area (Å²) in [5.41, 5.74) is 0.962. The van der Waals surface area contributed by atoms with E-state index in [4.69, 9.17) is 9.47 Å². The number of rotatable bonds is 9. The number of nitrogens with one attached hydrogen (secondary N) is 1. The normalized spacial score (nSPS) is 18.1. The van der Waals surface area contributed by atoms with E-state index in [-0.39, 0.29) is 11.8 Å². The smallest absolute Gasteiger partial charge is 0.408 e. The molecule has 0 aliphatic carbocycles. The number of hydrogen-bond acceptors (Lipinski definition) is 4. The summed E-state index contributed by atoms with van der Waals surface area (Å²) >= 11 is 0. The van der Waals surface area contributed by atoms with Gasteiger partial charge in [-0.3, -0.25) is 4.79 Å². The van der Waals surface area contributed by atoms with Crippen LogP contribution < -0.4 is 5.32 Å². The highest BCUT2D eigenvalue weighted by atomic mass is 16.6. The summed E-state index contributed by atoms with van der Waals surface area (Å²) in [4.78, 5) is 27.4. The molecule has 2 aromatic rings. The van der Waals surface area contributed by atoms with Crippen LogP contribution in [0.4, 0.5) is 4.79 Å². The van der Waals surface area contributed by atoms with E-state index in [2.05, 4.69) is 5.32 Å². The number of hydrogen-bond donors (Lipinski definition) is 1. The van der Waals surface area contributed by atoms with E-state index in [1.165, 1.54) is 0 Å². The quantitative estimate of drug-likeness (QED) is 0.548. The van der Waals surface area contributed by atoms with Crippen LogP contribution in [-0.4, -0.2) is 41.2 Å². The molecule has 1 saturated heterocycles. The molecule has 3 rings (SSSR count). The van der Waals surface area contributed by atoms with Crippen LogP contribution in [0.3, 0.4) is 0 Å². The number of benzene rings is 2. The van der Waals surface area contributed by atoms with Gasteiger partial charge in [-0.15, -0.1) is 0 Å². The van der Waals surface area contributed by atoms with Gasteiger partial charge in [-0.2, -0.15) is 0 Å². The number of ether oxygens (including phenoxy) is 2. The first-order chi connectivity index (χ1) is 15.6. The van der Waals surface area contributed by atoms with Gasteiger partial charge in [-0.05, 0) is 45.2 Å². The third-order valence-electron chi connectivity index (χ3n) is 6.00. The molecule has 6 nitrogen and oxygen atoms in total. The van der Waals surface area contributed by atoms with Crippen molar-refractivity contribution in [3.63, 3.8) is 0 Å². The number of carbonyl (C=O) groups is 2. The molecule has 2 aromatic carbocycles. The lowest BCUT2D eigenvalue weighted by molar-refractivity contribution is -0.128. The summed E-state index contributed by atoms with van der Waals surface area (Å²) in [6.07, 6.45) is 0.496. The average Bonchev–Trinajstić information content (AvgIpc) is 3.12. The van der Waals surface area contributed by atoms with Crippen molar-refractivity contribution < 1.29 is 19.1 Å². The van der Waals surface area contributed by atoms with Crippen molar-refractivity contribution in [2.24, 2.45) is 5.92 Å². The van der Waals surface area contributed by atoms with E-state index in [1.54, 1.807) is 0 Å². The highest BCUT2D eigenvalue weighted by Gasteiger charge is 2.43. The number of alkyl carbamates (subject to hydrolysis) is 1. The monoisotopic (exact) mass is 452 g/mol. The highest BCUT2D eigenvalue weighted by Crippen LogP contribution is 2.32. The fourth-order valence-corrected chi connectivity index (χ4v) is 4.11. The average molecular weight is 453 g/mol. The van der Waals surface area contributed by atoms with Gasteiger partial charge in [0.2, 0.25) is 5.91 Å². The summed E-state index contributed by atoms with van der Waals surface area (Å²) in [6.45, 7) is 9.64. The van der Waals surface area contributed by atoms with Crippen molar-refractivity contribution in [1.29, 1.82) is 0 Å². The molecule has 0 aromatic heterocycles. The minimum Gasteiger partial charge on any atom is -0.444 e. The maximum atomic E-state index is 12.8. The third kappa shape index (κ3) is 7.60. The lowest BCUT2D eigenvalue weighted by atomic mass is 9.82. The molecule has 2 amide bonds. The second-order valence-corrected chi connectivity index (χ2v) is 9.99. The zero-order valence-electron chi connectivity index (χ0n) is 20.2. The van der Waals surface area contributed by atoms with Crippen molar-refractivity contribution in [2.45, 2.75) is 64.8 Å². The first-order valence-electron chi connectivity index (χ1n) is 11.6. The maximum absolute atomic E-state index is 12.8. The van der Waals surface area contributed by atoms with Gasteiger partial charge in [0.1, 0.15) is 5.60 Å². The van der Waals surface area contributed by atoms with Crippen molar-refractivity contribution >= 4 is 12.0 Å². The fraction of sp³-hybridized carbons (Fsp3) is 0.481. The minimum atomic E-state index is -0.639. The predicted octanol–water partition coefficient (Wildman–Crippen LogP) is 4.93. The molecule has 2 atom stereocenters. The zero-order chi connectivity index (χ0) is 23.9. The summed E-state index contributed by atoms with van der Waals surface area (Å²) in [7, 11) is 0. The maximum Gasteiger partial charge on any atom is 0.408 e. The molecule has 0 radical (unpaired) electrons. The SMILES string of the molecule is CC(C)(C)OC(=O)NC(C)(CCOCc1ccccc1)C1CC(=O)N(Cc2ccccc2)C1. The molecule has 0 saturated carbocycles. The number of amides is 2. The van der Waals surface area contributed by atoms with Crippen LogP contribution in [0.2, 0.25) is 0 Å². The standard InChI is InChI=1S/C27H36N2O4/c1-26(2,3)33-25(31)28-27(4,15-16-32-20-22-13-9-6-10-14-22)23-17-24(30)29(19-23)18-21-11-7-5-8-12-21/h5-14,23H,15-20H2,1-4H3,(H,28,31). The molecule has 1 fully saturated rings. The highest BCUT2D eigenvalue weighted by molar-refractivity contribution is 5.79. The van der Waals surface area contributed by atoms with Crippen LogP contribution in [0, 0.1) is 5.92 Å². The second kappa shape index (κ2) is 10.8. The molecule has 0 bridgehead atoms. The largest absolute Gasteiger partial charge is 0.444 e. The van der Waals surface area contributed by atoms with Gasteiger partial charge in [-0.25, -0.2) is 4.79 Å². The molecule has 1 heterocycles. The van der Waals surface area contributed by atoms with Crippen molar-refractivity contribution in [2.75, 3.05) is 13.2 Å². The molecule has 1 aliphatic rings. The number of nitrogens with zero attached hydrogens (tertiary/aromatic N) is 1. The van der Waals surface area contributed by atoms with E-state index in [9.17, 15) is 9.59 Å². The molecular weight excluding hydrogens is 416 g/mol. The zero-order valence-corrected chi connectivity index (χ0v) is 20.2. The van der Waals surface area contributed by atoms with E-state index >= 15 is 0 Å². The van der Waals surface area contributed by atoms with Gasteiger partial charge < -0.3 is 19.7 Å². The Bertz CT molecular complexity index is 911. The van der Waals surface area contributed by atoms with Gasteiger partial charge in [0, 0.05) is 37.6 Å². The Balaban J connectivity index is 1.66. The predicted molar refractivity (Wildman–Crippen MR) is 128 cm³/mol. The van der Waals surface area contributed by atoms with Crippen LogP contribution in [0.5, 0.6) is 0 Å². The van der Waals surface area contributed by atoms with Crippen LogP contribution in [0.15, 0.2) is 60.7 Å². The van der Waals surface area contributed by atoms with Crippen molar-refractivity contribution in [3.8, 4) is 0 Å². The molecule has 0 spiro atoms. The molecule has 1 N–H and O–H groups in total. The molecule has 2 unspecified atom stereocenters. The van der Waals surface area contributed by atoms with Crippen LogP contribution in [-0.2, 0) is 27.4 Å². The third-order valence-corrected chi connectivity index (χ3v) is 6.00. The lowest BCUT2D eigenvalue weighted by Crippen LogP contribution is -2.54. The van der Waals surface area contributed by atoms with Gasteiger partial charge in [0.25, 0.3) is 0 Å². The van der Waals surface area contributed by atoms with E-state index in [0.29, 0.717) is 39.1 Å². The van der Waals surface area contributed by atoms with Crippen molar-refractivity contribution in [3.05, 3.63) is 71.8 Å². The summed E-state index contributed by atoms with van der Waals surface area (Å²) < 4.78 is 11.4. The molecule has 1 aliphatic heterocycles. The topological polar surface area (TPSA) is 67.9 Å². The Morgan fingerprint density at radius 1 is 1.00 bits per heavy atom. The molecular formula is C27H36N2O4. The van der Waals surface area contributed by atoms with Crippen LogP contribution >= 0.6 is 0 Å². The summed E-state index contributed by atoms with van der Waals surface area (Å²) in [6, 6.07) is 20.0.